The van der Waals surface area contributed by atoms with Crippen LogP contribution >= 0.6 is 27.3 Å². The summed E-state index contributed by atoms with van der Waals surface area (Å²) in [6.07, 6.45) is 0.873. The first-order chi connectivity index (χ1) is 14.1. The van der Waals surface area contributed by atoms with Gasteiger partial charge in [0.25, 0.3) is 5.56 Å². The van der Waals surface area contributed by atoms with E-state index in [1.54, 1.807) is 11.3 Å². The zero-order chi connectivity index (χ0) is 20.1. The van der Waals surface area contributed by atoms with Gasteiger partial charge in [0.15, 0.2) is 0 Å². The number of aliphatic hydroxyl groups is 1. The van der Waals surface area contributed by atoms with Gasteiger partial charge in [0.05, 0.1) is 17.5 Å². The van der Waals surface area contributed by atoms with Crippen molar-refractivity contribution < 1.29 is 5.11 Å². The molecule has 0 amide bonds. The third-order valence-corrected chi connectivity index (χ3v) is 7.07. The highest BCUT2D eigenvalue weighted by molar-refractivity contribution is 9.10. The average molecular weight is 465 g/mol. The number of fused-ring (bicyclic) bond motifs is 4. The van der Waals surface area contributed by atoms with E-state index >= 15 is 0 Å². The molecule has 2 aromatic carbocycles. The Morgan fingerprint density at radius 1 is 1.21 bits per heavy atom. The number of halogens is 1. The second-order valence-electron chi connectivity index (χ2n) is 7.00. The molecule has 6 heteroatoms. The summed E-state index contributed by atoms with van der Waals surface area (Å²) >= 11 is 5.06. The van der Waals surface area contributed by atoms with Gasteiger partial charge in [0, 0.05) is 14.9 Å². The number of aryl methyl sites for hydroxylation is 1. The second kappa shape index (κ2) is 6.97. The van der Waals surface area contributed by atoms with E-state index in [9.17, 15) is 9.90 Å². The van der Waals surface area contributed by atoms with Crippen molar-refractivity contribution in [2.45, 2.75) is 19.9 Å². The van der Waals surface area contributed by atoms with Gasteiger partial charge in [-0.1, -0.05) is 59.3 Å². The summed E-state index contributed by atoms with van der Waals surface area (Å²) < 4.78 is 3.00. The van der Waals surface area contributed by atoms with E-state index in [1.807, 2.05) is 48.5 Å². The predicted molar refractivity (Wildman–Crippen MR) is 121 cm³/mol. The molecular formula is C23H17BrN2O2S. The van der Waals surface area contributed by atoms with Crippen molar-refractivity contribution in [2.24, 2.45) is 0 Å². The van der Waals surface area contributed by atoms with Gasteiger partial charge in [-0.05, 0) is 35.7 Å². The summed E-state index contributed by atoms with van der Waals surface area (Å²) in [5.41, 5.74) is 3.03. The zero-order valence-corrected chi connectivity index (χ0v) is 18.0. The molecule has 0 unspecified atom stereocenters. The van der Waals surface area contributed by atoms with Crippen LogP contribution < -0.4 is 5.56 Å². The van der Waals surface area contributed by atoms with Crippen LogP contribution in [0.3, 0.4) is 0 Å². The molecule has 2 aromatic heterocycles. The van der Waals surface area contributed by atoms with Crippen LogP contribution in [0.5, 0.6) is 0 Å². The van der Waals surface area contributed by atoms with Gasteiger partial charge in [0.1, 0.15) is 16.4 Å². The van der Waals surface area contributed by atoms with Gasteiger partial charge in [-0.15, -0.1) is 11.3 Å². The maximum atomic E-state index is 12.8. The lowest BCUT2D eigenvalue weighted by Crippen LogP contribution is -2.23. The maximum Gasteiger partial charge on any atom is 0.281 e. The molecule has 4 aromatic rings. The minimum absolute atomic E-state index is 0.122. The van der Waals surface area contributed by atoms with Gasteiger partial charge >= 0.3 is 0 Å². The zero-order valence-electron chi connectivity index (χ0n) is 15.6. The molecule has 0 radical (unpaired) electrons. The van der Waals surface area contributed by atoms with Crippen LogP contribution in [0.2, 0.25) is 0 Å². The van der Waals surface area contributed by atoms with Crippen LogP contribution in [0.1, 0.15) is 34.3 Å². The van der Waals surface area contributed by atoms with E-state index in [1.165, 1.54) is 0 Å². The fourth-order valence-corrected chi connectivity index (χ4v) is 5.14. The lowest BCUT2D eigenvalue weighted by molar-refractivity contribution is 0.512. The molecule has 29 heavy (non-hydrogen) atoms. The van der Waals surface area contributed by atoms with E-state index in [0.29, 0.717) is 28.9 Å². The van der Waals surface area contributed by atoms with Crippen LogP contribution in [0, 0.1) is 0 Å². The van der Waals surface area contributed by atoms with Crippen molar-refractivity contribution >= 4 is 48.8 Å². The fourth-order valence-electron chi connectivity index (χ4n) is 3.79. The Kier molecular flexibility index (Phi) is 4.41. The molecule has 4 nitrogen and oxygen atoms in total. The molecule has 0 spiro atoms. The molecule has 0 saturated heterocycles. The van der Waals surface area contributed by atoms with Gasteiger partial charge in [0.2, 0.25) is 0 Å². The third kappa shape index (κ3) is 2.94. The molecule has 0 bridgehead atoms. The molecule has 1 aliphatic heterocycles. The molecule has 1 N–H and O–H groups in total. The van der Waals surface area contributed by atoms with E-state index in [4.69, 9.17) is 0 Å². The molecule has 3 heterocycles. The summed E-state index contributed by atoms with van der Waals surface area (Å²) in [5.74, 6) is 0.642. The van der Waals surface area contributed by atoms with Gasteiger partial charge in [-0.2, -0.15) is 4.98 Å². The van der Waals surface area contributed by atoms with Crippen molar-refractivity contribution in [3.8, 4) is 0 Å². The standard InChI is InChI=1S/C23H17BrN2O2S/c1-2-16-11-18-22(28)25-21-19(20(27)13-7-9-15(24)10-8-13)17-6-4-3-5-14(17)12-26(21)23(18)29-16/h3-11,27H,2,12H2,1H3/b20-19+. The van der Waals surface area contributed by atoms with Crippen LogP contribution in [0.4, 0.5) is 0 Å². The Bertz CT molecular complexity index is 1350. The lowest BCUT2D eigenvalue weighted by Gasteiger charge is -2.25. The van der Waals surface area contributed by atoms with Crippen LogP contribution in [-0.4, -0.2) is 14.7 Å². The number of hydrogen-bond acceptors (Lipinski definition) is 4. The molecule has 0 saturated carbocycles. The molecule has 5 rings (SSSR count). The molecule has 0 fully saturated rings. The Labute approximate surface area is 179 Å². The Morgan fingerprint density at radius 2 is 1.97 bits per heavy atom. The number of rotatable bonds is 2. The number of nitrogens with zero attached hydrogens (tertiary/aromatic N) is 2. The first-order valence-corrected chi connectivity index (χ1v) is 11.0. The van der Waals surface area contributed by atoms with Crippen molar-refractivity contribution in [1.82, 2.24) is 9.55 Å². The van der Waals surface area contributed by atoms with Crippen LogP contribution in [0.25, 0.3) is 21.5 Å². The quantitative estimate of drug-likeness (QED) is 0.345. The summed E-state index contributed by atoms with van der Waals surface area (Å²) in [5, 5.41) is 11.9. The monoisotopic (exact) mass is 464 g/mol. The number of hydrogen-bond donors (Lipinski definition) is 1. The van der Waals surface area contributed by atoms with Crippen molar-refractivity contribution in [2.75, 3.05) is 0 Å². The van der Waals surface area contributed by atoms with Crippen molar-refractivity contribution in [3.63, 3.8) is 0 Å². The van der Waals surface area contributed by atoms with Gasteiger partial charge in [-0.3, -0.25) is 4.79 Å². The fraction of sp³-hybridized carbons (Fsp3) is 0.130. The maximum absolute atomic E-state index is 12.8. The van der Waals surface area contributed by atoms with E-state index in [-0.39, 0.29) is 11.3 Å². The minimum atomic E-state index is -0.248. The van der Waals surface area contributed by atoms with Crippen LogP contribution in [0.15, 0.2) is 63.9 Å². The number of aliphatic hydroxyl groups excluding tert-OH is 1. The van der Waals surface area contributed by atoms with Crippen molar-refractivity contribution in [3.05, 3.63) is 96.8 Å². The summed E-state index contributed by atoms with van der Waals surface area (Å²) in [6.45, 7) is 2.70. The first kappa shape index (κ1) is 18.3. The molecule has 0 aliphatic carbocycles. The number of aromatic nitrogens is 2. The van der Waals surface area contributed by atoms with Gasteiger partial charge < -0.3 is 9.67 Å². The highest BCUT2D eigenvalue weighted by Crippen LogP contribution is 2.38. The Morgan fingerprint density at radius 3 is 2.72 bits per heavy atom. The smallest absolute Gasteiger partial charge is 0.281 e. The highest BCUT2D eigenvalue weighted by atomic mass is 79.9. The number of benzene rings is 2. The largest absolute Gasteiger partial charge is 0.507 e. The van der Waals surface area contributed by atoms with Gasteiger partial charge in [-0.25, -0.2) is 0 Å². The lowest BCUT2D eigenvalue weighted by atomic mass is 9.92. The summed E-state index contributed by atoms with van der Waals surface area (Å²) in [7, 11) is 0. The molecular weight excluding hydrogens is 448 g/mol. The first-order valence-electron chi connectivity index (χ1n) is 9.38. The highest BCUT2D eigenvalue weighted by Gasteiger charge is 2.27. The van der Waals surface area contributed by atoms with E-state index in [0.717, 1.165) is 31.7 Å². The molecule has 1 aliphatic rings. The minimum Gasteiger partial charge on any atom is -0.507 e. The molecule has 0 atom stereocenters. The van der Waals surface area contributed by atoms with E-state index in [2.05, 4.69) is 38.5 Å². The predicted octanol–water partition coefficient (Wildman–Crippen LogP) is 5.62. The summed E-state index contributed by atoms with van der Waals surface area (Å²) in [6, 6.07) is 17.4. The average Bonchev–Trinajstić information content (AvgIpc) is 3.18. The number of thiophene rings is 1. The van der Waals surface area contributed by atoms with E-state index < -0.39 is 0 Å². The Balaban J connectivity index is 1.87. The third-order valence-electron chi connectivity index (χ3n) is 5.24. The van der Waals surface area contributed by atoms with Crippen LogP contribution in [-0.2, 0) is 13.0 Å². The summed E-state index contributed by atoms with van der Waals surface area (Å²) in [4.78, 5) is 19.3. The molecule has 144 valence electrons. The Hall–Kier alpha value is -2.70. The topological polar surface area (TPSA) is 55.1 Å². The normalized spacial score (nSPS) is 14.6. The van der Waals surface area contributed by atoms with Crippen molar-refractivity contribution in [1.29, 1.82) is 0 Å². The SMILES string of the molecule is CCc1cc2c(=O)nc3n(c2s1)Cc1ccccc1/C3=C(\O)c1ccc(Br)cc1. The second-order valence-corrected chi connectivity index (χ2v) is 9.03.